The van der Waals surface area contributed by atoms with Crippen molar-refractivity contribution in [1.29, 1.82) is 0 Å². The number of benzene rings is 3. The summed E-state index contributed by atoms with van der Waals surface area (Å²) in [4.78, 5) is 14.0. The maximum absolute atomic E-state index is 10.4. The zero-order valence-corrected chi connectivity index (χ0v) is 11.6. The molecule has 2 nitrogen and oxygen atoms in total. The van der Waals surface area contributed by atoms with Gasteiger partial charge >= 0.3 is 0 Å². The molecule has 0 aromatic heterocycles. The molecule has 3 aromatic rings. The third-order valence-corrected chi connectivity index (χ3v) is 3.83. The summed E-state index contributed by atoms with van der Waals surface area (Å²) in [6.07, 6.45) is 2.62. The maximum atomic E-state index is 10.4. The van der Waals surface area contributed by atoms with E-state index in [1.165, 1.54) is 27.3 Å². The molecule has 0 aliphatic rings. The molecule has 20 heavy (non-hydrogen) atoms. The summed E-state index contributed by atoms with van der Waals surface area (Å²) in [7, 11) is 0. The fraction of sp³-hybridized carbons (Fsp3) is 0.167. The Kier molecular flexibility index (Phi) is 3.09. The molecule has 3 rings (SSSR count). The Morgan fingerprint density at radius 2 is 1.80 bits per heavy atom. The second kappa shape index (κ2) is 4.92. The minimum atomic E-state index is 0.648. The molecule has 0 amide bonds. The van der Waals surface area contributed by atoms with Crippen LogP contribution in [0.25, 0.3) is 21.5 Å². The number of aryl methyl sites for hydroxylation is 2. The highest BCUT2D eigenvalue weighted by Gasteiger charge is 2.05. The standard InChI is InChI=1S/C18H15NO/c1-3-17-12(2)4-5-14-8-15-9-16(19-11-20)7-6-13(15)10-18(14)17/h4-10H,3H2,1-2H3. The summed E-state index contributed by atoms with van der Waals surface area (Å²) in [5, 5.41) is 4.81. The molecule has 0 fully saturated rings. The van der Waals surface area contributed by atoms with Crippen LogP contribution in [-0.2, 0) is 11.2 Å². The van der Waals surface area contributed by atoms with Gasteiger partial charge < -0.3 is 0 Å². The minimum absolute atomic E-state index is 0.648. The Morgan fingerprint density at radius 1 is 1.00 bits per heavy atom. The second-order valence-electron chi connectivity index (χ2n) is 5.02. The van der Waals surface area contributed by atoms with Crippen LogP contribution in [0.4, 0.5) is 5.69 Å². The minimum Gasteiger partial charge on any atom is -0.211 e. The molecular weight excluding hydrogens is 246 g/mol. The van der Waals surface area contributed by atoms with Gasteiger partial charge in [-0.25, -0.2) is 4.79 Å². The summed E-state index contributed by atoms with van der Waals surface area (Å²) in [6, 6.07) is 14.5. The Morgan fingerprint density at radius 3 is 2.55 bits per heavy atom. The number of carbonyl (C=O) groups excluding carboxylic acids is 1. The van der Waals surface area contributed by atoms with Gasteiger partial charge in [-0.15, -0.1) is 0 Å². The van der Waals surface area contributed by atoms with E-state index in [0.717, 1.165) is 11.8 Å². The normalized spacial score (nSPS) is 10.7. The van der Waals surface area contributed by atoms with Crippen molar-refractivity contribution in [2.75, 3.05) is 0 Å². The van der Waals surface area contributed by atoms with Crippen LogP contribution in [0.3, 0.4) is 0 Å². The van der Waals surface area contributed by atoms with Gasteiger partial charge in [-0.3, -0.25) is 0 Å². The molecule has 0 spiro atoms. The van der Waals surface area contributed by atoms with Crippen molar-refractivity contribution in [2.24, 2.45) is 4.99 Å². The summed E-state index contributed by atoms with van der Waals surface area (Å²) < 4.78 is 0. The predicted molar refractivity (Wildman–Crippen MR) is 83.4 cm³/mol. The fourth-order valence-corrected chi connectivity index (χ4v) is 2.82. The zero-order valence-electron chi connectivity index (χ0n) is 11.6. The Hall–Kier alpha value is -2.44. The van der Waals surface area contributed by atoms with E-state index in [1.54, 1.807) is 6.08 Å². The van der Waals surface area contributed by atoms with E-state index < -0.39 is 0 Å². The lowest BCUT2D eigenvalue weighted by Gasteiger charge is -2.10. The third-order valence-electron chi connectivity index (χ3n) is 3.83. The summed E-state index contributed by atoms with van der Waals surface area (Å²) >= 11 is 0. The molecule has 0 unspecified atom stereocenters. The third kappa shape index (κ3) is 2.01. The average Bonchev–Trinajstić information content (AvgIpc) is 2.46. The van der Waals surface area contributed by atoms with Gasteiger partial charge in [-0.05, 0) is 70.3 Å². The van der Waals surface area contributed by atoms with Gasteiger partial charge in [-0.1, -0.05) is 25.1 Å². The van der Waals surface area contributed by atoms with Gasteiger partial charge in [0.05, 0.1) is 5.69 Å². The quantitative estimate of drug-likeness (QED) is 0.369. The SMILES string of the molecule is CCc1c(C)ccc2cc3cc(N=C=O)ccc3cc12. The van der Waals surface area contributed by atoms with Crippen molar-refractivity contribution in [3.05, 3.63) is 53.6 Å². The molecule has 0 bridgehead atoms. The predicted octanol–water partition coefficient (Wildman–Crippen LogP) is 4.83. The van der Waals surface area contributed by atoms with E-state index in [9.17, 15) is 4.79 Å². The molecule has 0 heterocycles. The average molecular weight is 261 g/mol. The lowest BCUT2D eigenvalue weighted by molar-refractivity contribution is 0.565. The lowest BCUT2D eigenvalue weighted by atomic mass is 9.95. The first kappa shape index (κ1) is 12.6. The van der Waals surface area contributed by atoms with Crippen LogP contribution in [-0.4, -0.2) is 6.08 Å². The van der Waals surface area contributed by atoms with Gasteiger partial charge in [0.25, 0.3) is 0 Å². The van der Waals surface area contributed by atoms with Crippen LogP contribution in [0, 0.1) is 6.92 Å². The van der Waals surface area contributed by atoms with Gasteiger partial charge in [0.1, 0.15) is 0 Å². The topological polar surface area (TPSA) is 29.4 Å². The zero-order chi connectivity index (χ0) is 14.1. The lowest BCUT2D eigenvalue weighted by Crippen LogP contribution is -1.89. The first-order chi connectivity index (χ1) is 9.72. The van der Waals surface area contributed by atoms with Crippen molar-refractivity contribution in [3.8, 4) is 0 Å². The van der Waals surface area contributed by atoms with Crippen LogP contribution in [0.2, 0.25) is 0 Å². The largest absolute Gasteiger partial charge is 0.240 e. The highest BCUT2D eigenvalue weighted by Crippen LogP contribution is 2.29. The van der Waals surface area contributed by atoms with Crippen molar-refractivity contribution in [1.82, 2.24) is 0 Å². The van der Waals surface area contributed by atoms with E-state index in [-0.39, 0.29) is 0 Å². The number of aliphatic imine (C=N–C) groups is 1. The van der Waals surface area contributed by atoms with Gasteiger partial charge in [0, 0.05) is 0 Å². The first-order valence-electron chi connectivity index (χ1n) is 6.77. The van der Waals surface area contributed by atoms with Crippen molar-refractivity contribution < 1.29 is 4.79 Å². The summed E-state index contributed by atoms with van der Waals surface area (Å²) in [5.41, 5.74) is 3.38. The van der Waals surface area contributed by atoms with Crippen molar-refractivity contribution >= 4 is 33.3 Å². The maximum Gasteiger partial charge on any atom is 0.240 e. The monoisotopic (exact) mass is 261 g/mol. The Balaban J connectivity index is 2.36. The smallest absolute Gasteiger partial charge is 0.211 e. The van der Waals surface area contributed by atoms with E-state index in [4.69, 9.17) is 0 Å². The van der Waals surface area contributed by atoms with Crippen LogP contribution in [0.5, 0.6) is 0 Å². The molecule has 0 aliphatic heterocycles. The van der Waals surface area contributed by atoms with E-state index in [2.05, 4.69) is 43.1 Å². The molecule has 0 atom stereocenters. The summed E-state index contributed by atoms with van der Waals surface area (Å²) in [5.74, 6) is 0. The second-order valence-corrected chi connectivity index (χ2v) is 5.02. The van der Waals surface area contributed by atoms with Crippen molar-refractivity contribution in [2.45, 2.75) is 20.3 Å². The number of hydrogen-bond donors (Lipinski definition) is 0. The molecule has 0 saturated heterocycles. The number of hydrogen-bond acceptors (Lipinski definition) is 2. The highest BCUT2D eigenvalue weighted by molar-refractivity contribution is 6.00. The molecule has 0 saturated carbocycles. The van der Waals surface area contributed by atoms with Crippen molar-refractivity contribution in [3.63, 3.8) is 0 Å². The number of isocyanates is 1. The molecular formula is C18H15NO. The van der Waals surface area contributed by atoms with Gasteiger partial charge in [0.2, 0.25) is 6.08 Å². The molecule has 98 valence electrons. The van der Waals surface area contributed by atoms with Crippen LogP contribution in [0.1, 0.15) is 18.1 Å². The molecule has 0 radical (unpaired) electrons. The number of nitrogens with zero attached hydrogens (tertiary/aromatic N) is 1. The number of fused-ring (bicyclic) bond motifs is 2. The number of rotatable bonds is 2. The Labute approximate surface area is 117 Å². The molecule has 0 N–H and O–H groups in total. The van der Waals surface area contributed by atoms with E-state index in [0.29, 0.717) is 5.69 Å². The Bertz CT molecular complexity index is 858. The molecule has 0 aliphatic carbocycles. The molecule has 3 aromatic carbocycles. The van der Waals surface area contributed by atoms with Crippen LogP contribution >= 0.6 is 0 Å². The fourth-order valence-electron chi connectivity index (χ4n) is 2.82. The van der Waals surface area contributed by atoms with Gasteiger partial charge in [0.15, 0.2) is 0 Å². The first-order valence-corrected chi connectivity index (χ1v) is 6.77. The van der Waals surface area contributed by atoms with E-state index >= 15 is 0 Å². The summed E-state index contributed by atoms with van der Waals surface area (Å²) in [6.45, 7) is 4.35. The van der Waals surface area contributed by atoms with Crippen LogP contribution in [0.15, 0.2) is 47.5 Å². The van der Waals surface area contributed by atoms with Crippen LogP contribution < -0.4 is 0 Å². The molecule has 2 heteroatoms. The van der Waals surface area contributed by atoms with Gasteiger partial charge in [-0.2, -0.15) is 4.99 Å². The highest BCUT2D eigenvalue weighted by atomic mass is 16.1. The van der Waals surface area contributed by atoms with E-state index in [1.807, 2.05) is 18.2 Å².